The van der Waals surface area contributed by atoms with Crippen LogP contribution in [0.15, 0.2) is 0 Å². The van der Waals surface area contributed by atoms with Gasteiger partial charge in [-0.1, -0.05) is 48.0 Å². The molecule has 0 aromatic heterocycles. The molecule has 4 fully saturated rings. The van der Waals surface area contributed by atoms with E-state index in [1.165, 1.54) is 6.42 Å². The third kappa shape index (κ3) is 4.02. The van der Waals surface area contributed by atoms with Crippen molar-refractivity contribution in [2.45, 2.75) is 123 Å². The lowest BCUT2D eigenvalue weighted by molar-refractivity contribution is -0.246. The molecule has 1 aliphatic carbocycles. The first-order chi connectivity index (χ1) is 14.2. The van der Waals surface area contributed by atoms with Crippen molar-refractivity contribution in [2.24, 2.45) is 16.2 Å². The van der Waals surface area contributed by atoms with Gasteiger partial charge >= 0.3 is 11.9 Å². The van der Waals surface area contributed by atoms with Crippen LogP contribution in [0.25, 0.3) is 0 Å². The molecule has 176 valence electrons. The lowest BCUT2D eigenvalue weighted by Gasteiger charge is -2.43. The van der Waals surface area contributed by atoms with E-state index in [1.807, 2.05) is 27.7 Å². The third-order valence-electron chi connectivity index (χ3n) is 7.51. The number of carbonyl (C=O) groups excluding carboxylic acids is 2. The summed E-state index contributed by atoms with van der Waals surface area (Å²) >= 11 is 0. The highest BCUT2D eigenvalue weighted by Gasteiger charge is 2.66. The van der Waals surface area contributed by atoms with Gasteiger partial charge in [-0.15, -0.1) is 0 Å². The number of hydrogen-bond acceptors (Lipinski definition) is 7. The fourth-order valence-corrected chi connectivity index (χ4v) is 5.46. The van der Waals surface area contributed by atoms with Crippen LogP contribution in [0.5, 0.6) is 0 Å². The Kier molecular flexibility index (Phi) is 5.51. The number of fused-ring (bicyclic) bond motifs is 3. The molecule has 4 aliphatic rings. The maximum atomic E-state index is 13.4. The van der Waals surface area contributed by atoms with E-state index in [2.05, 4.69) is 20.8 Å². The predicted octanol–water partition coefficient (Wildman–Crippen LogP) is 4.11. The predicted molar refractivity (Wildman–Crippen MR) is 112 cm³/mol. The van der Waals surface area contributed by atoms with Crippen molar-refractivity contribution in [3.63, 3.8) is 0 Å². The number of ether oxygens (including phenoxy) is 5. The van der Waals surface area contributed by atoms with Gasteiger partial charge in [-0.05, 0) is 37.0 Å². The lowest BCUT2D eigenvalue weighted by atomic mass is 9.61. The Balaban J connectivity index is 1.48. The van der Waals surface area contributed by atoms with E-state index >= 15 is 0 Å². The normalized spacial score (nSPS) is 36.6. The minimum atomic E-state index is -1.10. The second-order valence-electron chi connectivity index (χ2n) is 12.2. The van der Waals surface area contributed by atoms with E-state index in [0.717, 1.165) is 25.7 Å². The van der Waals surface area contributed by atoms with E-state index in [-0.39, 0.29) is 10.8 Å². The number of rotatable bonds is 3. The first-order valence-electron chi connectivity index (χ1n) is 11.7. The van der Waals surface area contributed by atoms with Crippen LogP contribution in [0, 0.1) is 16.2 Å². The molecular weight excluding hydrogens is 400 g/mol. The highest BCUT2D eigenvalue weighted by Crippen LogP contribution is 2.50. The van der Waals surface area contributed by atoms with E-state index in [0.29, 0.717) is 6.42 Å². The van der Waals surface area contributed by atoms with Crippen LogP contribution in [0.4, 0.5) is 0 Å². The van der Waals surface area contributed by atoms with Gasteiger partial charge in [-0.2, -0.15) is 0 Å². The Morgan fingerprint density at radius 1 is 0.968 bits per heavy atom. The topological polar surface area (TPSA) is 80.3 Å². The SMILES string of the molecule is CC(C)(C)CC(C)(C(=O)OC1C(=O)O[C@@H]2[C@H]3OC4(CCCCC4)O[C@H]3O[C@H]12)C(C)(C)C. The van der Waals surface area contributed by atoms with Crippen LogP contribution < -0.4 is 0 Å². The Bertz CT molecular complexity index is 727. The van der Waals surface area contributed by atoms with Crippen LogP contribution in [-0.2, 0) is 33.3 Å². The van der Waals surface area contributed by atoms with E-state index in [4.69, 9.17) is 23.7 Å². The summed E-state index contributed by atoms with van der Waals surface area (Å²) in [4.78, 5) is 26.1. The molecule has 3 aliphatic heterocycles. The first kappa shape index (κ1) is 23.0. The number of esters is 2. The fraction of sp³-hybridized carbons (Fsp3) is 0.917. The van der Waals surface area contributed by atoms with Gasteiger partial charge in [0.25, 0.3) is 0 Å². The summed E-state index contributed by atoms with van der Waals surface area (Å²) in [6, 6.07) is 0. The van der Waals surface area contributed by atoms with Gasteiger partial charge in [0.2, 0.25) is 6.10 Å². The molecule has 3 heterocycles. The maximum absolute atomic E-state index is 13.4. The minimum absolute atomic E-state index is 0.0867. The summed E-state index contributed by atoms with van der Waals surface area (Å²) in [5.41, 5.74) is -1.22. The summed E-state index contributed by atoms with van der Waals surface area (Å²) in [6.07, 6.45) is 2.06. The number of carbonyl (C=O) groups is 2. The van der Waals surface area contributed by atoms with Crippen LogP contribution in [-0.4, -0.2) is 48.4 Å². The molecule has 0 amide bonds. The molecule has 0 radical (unpaired) electrons. The van der Waals surface area contributed by atoms with Crippen molar-refractivity contribution in [3.05, 3.63) is 0 Å². The van der Waals surface area contributed by atoms with Crippen LogP contribution in [0.3, 0.4) is 0 Å². The molecule has 31 heavy (non-hydrogen) atoms. The van der Waals surface area contributed by atoms with Gasteiger partial charge in [-0.3, -0.25) is 4.79 Å². The molecule has 3 saturated heterocycles. The van der Waals surface area contributed by atoms with Crippen LogP contribution >= 0.6 is 0 Å². The van der Waals surface area contributed by atoms with Gasteiger partial charge in [0.15, 0.2) is 24.3 Å². The maximum Gasteiger partial charge on any atom is 0.350 e. The van der Waals surface area contributed by atoms with Crippen molar-refractivity contribution in [3.8, 4) is 0 Å². The Morgan fingerprint density at radius 3 is 2.19 bits per heavy atom. The molecule has 7 heteroatoms. The van der Waals surface area contributed by atoms with Gasteiger partial charge in [0.1, 0.15) is 6.10 Å². The van der Waals surface area contributed by atoms with Crippen molar-refractivity contribution >= 4 is 11.9 Å². The van der Waals surface area contributed by atoms with Crippen molar-refractivity contribution in [2.75, 3.05) is 0 Å². The molecule has 7 nitrogen and oxygen atoms in total. The zero-order valence-electron chi connectivity index (χ0n) is 20.0. The second-order valence-corrected chi connectivity index (χ2v) is 12.2. The molecule has 0 N–H and O–H groups in total. The standard InChI is InChI=1S/C24H38O7/c1-21(2,3)13-23(7,22(4,5)6)20(26)29-16-14-15(27-18(16)25)17-19(28-14)31-24(30-17)11-9-8-10-12-24/h14-17,19H,8-13H2,1-7H3/t14-,15-,16?,17+,19+,23?/m0/s1. The minimum Gasteiger partial charge on any atom is -0.454 e. The summed E-state index contributed by atoms with van der Waals surface area (Å²) in [7, 11) is 0. The van der Waals surface area contributed by atoms with E-state index in [9.17, 15) is 9.59 Å². The first-order valence-corrected chi connectivity index (χ1v) is 11.7. The Morgan fingerprint density at radius 2 is 1.61 bits per heavy atom. The molecular formula is C24H38O7. The third-order valence-corrected chi connectivity index (χ3v) is 7.51. The van der Waals surface area contributed by atoms with Gasteiger partial charge in [0.05, 0.1) is 5.41 Å². The second kappa shape index (κ2) is 7.42. The van der Waals surface area contributed by atoms with Crippen LogP contribution in [0.2, 0.25) is 0 Å². The average molecular weight is 439 g/mol. The zero-order chi connectivity index (χ0) is 22.8. The lowest BCUT2D eigenvalue weighted by Crippen LogP contribution is -2.48. The van der Waals surface area contributed by atoms with Gasteiger partial charge in [-0.25, -0.2) is 4.79 Å². The molecule has 2 unspecified atom stereocenters. The summed E-state index contributed by atoms with van der Waals surface area (Å²) in [6.45, 7) is 14.3. The smallest absolute Gasteiger partial charge is 0.350 e. The van der Waals surface area contributed by atoms with Crippen molar-refractivity contribution < 1.29 is 33.3 Å². The highest BCUT2D eigenvalue weighted by molar-refractivity contribution is 5.84. The fourth-order valence-electron chi connectivity index (χ4n) is 5.46. The molecule has 6 atom stereocenters. The molecule has 1 saturated carbocycles. The van der Waals surface area contributed by atoms with E-state index < -0.39 is 53.8 Å². The molecule has 0 aromatic rings. The highest BCUT2D eigenvalue weighted by atomic mass is 16.9. The van der Waals surface area contributed by atoms with Gasteiger partial charge < -0.3 is 23.7 Å². The summed E-state index contributed by atoms with van der Waals surface area (Å²) in [5.74, 6) is -1.59. The summed E-state index contributed by atoms with van der Waals surface area (Å²) in [5, 5.41) is 0. The van der Waals surface area contributed by atoms with Gasteiger partial charge in [0, 0.05) is 12.8 Å². The van der Waals surface area contributed by atoms with Crippen molar-refractivity contribution in [1.29, 1.82) is 0 Å². The molecule has 0 bridgehead atoms. The quantitative estimate of drug-likeness (QED) is 0.613. The largest absolute Gasteiger partial charge is 0.454 e. The molecule has 0 aromatic carbocycles. The zero-order valence-corrected chi connectivity index (χ0v) is 20.0. The van der Waals surface area contributed by atoms with Crippen molar-refractivity contribution in [1.82, 2.24) is 0 Å². The number of hydrogen-bond donors (Lipinski definition) is 0. The van der Waals surface area contributed by atoms with E-state index in [1.54, 1.807) is 0 Å². The summed E-state index contributed by atoms with van der Waals surface area (Å²) < 4.78 is 29.9. The molecule has 1 spiro atoms. The van der Waals surface area contributed by atoms with Crippen LogP contribution in [0.1, 0.15) is 87.0 Å². The monoisotopic (exact) mass is 438 g/mol. The average Bonchev–Trinajstić information content (AvgIpc) is 3.22. The Hall–Kier alpha value is -1.18. The molecule has 4 rings (SSSR count). The Labute approximate surface area is 185 Å².